The smallest absolute Gasteiger partial charge is 0.172 e. The third-order valence-electron chi connectivity index (χ3n) is 3.72. The van der Waals surface area contributed by atoms with Gasteiger partial charge < -0.3 is 10.4 Å². The largest absolute Gasteiger partial charge is 0.508 e. The Morgan fingerprint density at radius 3 is 2.62 bits per heavy atom. The van der Waals surface area contributed by atoms with Gasteiger partial charge in [0.2, 0.25) is 0 Å². The minimum absolute atomic E-state index is 0.0337. The van der Waals surface area contributed by atoms with Crippen molar-refractivity contribution in [2.24, 2.45) is 0 Å². The van der Waals surface area contributed by atoms with Crippen molar-refractivity contribution >= 4 is 16.7 Å². The summed E-state index contributed by atoms with van der Waals surface area (Å²) >= 11 is 0. The summed E-state index contributed by atoms with van der Waals surface area (Å²) in [6.45, 7) is 2.15. The number of aryl methyl sites for hydroxylation is 1. The van der Waals surface area contributed by atoms with Crippen LogP contribution < -0.4 is 5.32 Å². The summed E-state index contributed by atoms with van der Waals surface area (Å²) in [6, 6.07) is 5.65. The predicted molar refractivity (Wildman–Crippen MR) is 84.4 cm³/mol. The van der Waals surface area contributed by atoms with Crippen LogP contribution in [-0.2, 0) is 6.42 Å². The number of fused-ring (bicyclic) bond motifs is 1. The number of aromatic hydroxyl groups is 1. The highest BCUT2D eigenvalue weighted by Gasteiger charge is 2.17. The molecule has 1 heterocycles. The quantitative estimate of drug-likeness (QED) is 0.715. The molecule has 4 nitrogen and oxygen atoms in total. The molecule has 0 saturated carbocycles. The molecule has 0 fully saturated rings. The zero-order valence-corrected chi connectivity index (χ0v) is 12.8. The van der Waals surface area contributed by atoms with Crippen molar-refractivity contribution in [1.82, 2.24) is 9.97 Å². The number of halogens is 3. The zero-order valence-electron chi connectivity index (χ0n) is 12.8. The maximum atomic E-state index is 14.0. The van der Waals surface area contributed by atoms with Gasteiger partial charge in [-0.3, -0.25) is 0 Å². The van der Waals surface area contributed by atoms with E-state index < -0.39 is 17.5 Å². The van der Waals surface area contributed by atoms with Crippen molar-refractivity contribution in [2.75, 3.05) is 11.9 Å². The number of benzene rings is 2. The Kier molecular flexibility index (Phi) is 4.24. The molecular weight excluding hydrogens is 319 g/mol. The molecule has 0 amide bonds. The molecule has 0 aliphatic carbocycles. The Bertz CT molecular complexity index is 915. The summed E-state index contributed by atoms with van der Waals surface area (Å²) in [6.07, 6.45) is 1.65. The first-order valence-electron chi connectivity index (χ1n) is 7.28. The molecule has 0 spiro atoms. The molecule has 2 N–H and O–H groups in total. The van der Waals surface area contributed by atoms with Gasteiger partial charge in [0.1, 0.15) is 23.4 Å². The monoisotopic (exact) mass is 333 g/mol. The van der Waals surface area contributed by atoms with Crippen molar-refractivity contribution < 1.29 is 18.3 Å². The van der Waals surface area contributed by atoms with Gasteiger partial charge in [-0.1, -0.05) is 12.1 Å². The van der Waals surface area contributed by atoms with E-state index in [2.05, 4.69) is 15.3 Å². The number of aromatic nitrogens is 2. The first-order chi connectivity index (χ1) is 11.5. The number of nitrogens with one attached hydrogen (secondary N) is 1. The SMILES string of the molecule is Cc1cc(CCNc2ncnc3c(F)cc(F)c(F)c23)ccc1O. The standard InChI is InChI=1S/C17H14F3N3O/c1-9-6-10(2-3-13(9)24)4-5-21-17-14-15(20)11(18)7-12(19)16(14)22-8-23-17/h2-3,6-8,24H,4-5H2,1H3,(H,21,22,23). The van der Waals surface area contributed by atoms with E-state index in [0.717, 1.165) is 17.5 Å². The van der Waals surface area contributed by atoms with Crippen LogP contribution in [0.1, 0.15) is 11.1 Å². The second kappa shape index (κ2) is 6.35. The van der Waals surface area contributed by atoms with Gasteiger partial charge in [-0.05, 0) is 30.5 Å². The number of phenolic OH excluding ortho intramolecular Hbond substituents is 1. The van der Waals surface area contributed by atoms with Crippen LogP contribution in [-0.4, -0.2) is 21.6 Å². The first kappa shape index (κ1) is 16.0. The van der Waals surface area contributed by atoms with Crippen molar-refractivity contribution in [3.63, 3.8) is 0 Å². The van der Waals surface area contributed by atoms with Gasteiger partial charge in [-0.2, -0.15) is 0 Å². The van der Waals surface area contributed by atoms with Crippen LogP contribution in [0.2, 0.25) is 0 Å². The van der Waals surface area contributed by atoms with Gasteiger partial charge in [0.25, 0.3) is 0 Å². The molecule has 0 aliphatic rings. The van der Waals surface area contributed by atoms with E-state index >= 15 is 0 Å². The molecule has 0 radical (unpaired) electrons. The third-order valence-corrected chi connectivity index (χ3v) is 3.72. The van der Waals surface area contributed by atoms with E-state index in [-0.39, 0.29) is 22.5 Å². The average Bonchev–Trinajstić information content (AvgIpc) is 2.56. The van der Waals surface area contributed by atoms with Gasteiger partial charge >= 0.3 is 0 Å². The van der Waals surface area contributed by atoms with Gasteiger partial charge in [0, 0.05) is 12.6 Å². The number of nitrogens with zero attached hydrogens (tertiary/aromatic N) is 2. The predicted octanol–water partition coefficient (Wildman–Crippen LogP) is 3.72. The van der Waals surface area contributed by atoms with Crippen LogP contribution in [0.25, 0.3) is 10.9 Å². The Labute approximate surface area is 136 Å². The maximum absolute atomic E-state index is 14.0. The summed E-state index contributed by atoms with van der Waals surface area (Å²) in [7, 11) is 0. The summed E-state index contributed by atoms with van der Waals surface area (Å²) in [4.78, 5) is 7.55. The van der Waals surface area contributed by atoms with Gasteiger partial charge in [-0.25, -0.2) is 23.1 Å². The highest BCUT2D eigenvalue weighted by molar-refractivity contribution is 5.89. The van der Waals surface area contributed by atoms with E-state index in [0.29, 0.717) is 19.0 Å². The van der Waals surface area contributed by atoms with Crippen LogP contribution in [0.3, 0.4) is 0 Å². The number of rotatable bonds is 4. The third kappa shape index (κ3) is 2.97. The fraction of sp³-hybridized carbons (Fsp3) is 0.176. The number of hydrogen-bond acceptors (Lipinski definition) is 4. The van der Waals surface area contributed by atoms with Crippen LogP contribution in [0.5, 0.6) is 5.75 Å². The summed E-state index contributed by atoms with van der Waals surface area (Å²) < 4.78 is 41.2. The molecule has 7 heteroatoms. The molecule has 3 aromatic rings. The molecule has 0 bridgehead atoms. The number of hydrogen-bond donors (Lipinski definition) is 2. The highest BCUT2D eigenvalue weighted by Crippen LogP contribution is 2.27. The van der Waals surface area contributed by atoms with E-state index in [4.69, 9.17) is 0 Å². The molecule has 24 heavy (non-hydrogen) atoms. The van der Waals surface area contributed by atoms with Gasteiger partial charge in [0.15, 0.2) is 17.5 Å². The van der Waals surface area contributed by atoms with E-state index in [9.17, 15) is 18.3 Å². The minimum Gasteiger partial charge on any atom is -0.508 e. The molecular formula is C17H14F3N3O. The molecule has 0 saturated heterocycles. The average molecular weight is 333 g/mol. The lowest BCUT2D eigenvalue weighted by Crippen LogP contribution is -2.08. The summed E-state index contributed by atoms with van der Waals surface area (Å²) in [5, 5.41) is 12.1. The number of phenols is 1. The molecule has 1 aromatic heterocycles. The molecule has 0 atom stereocenters. The Hall–Kier alpha value is -2.83. The fourth-order valence-electron chi connectivity index (χ4n) is 2.47. The Morgan fingerprint density at radius 1 is 1.08 bits per heavy atom. The second-order valence-corrected chi connectivity index (χ2v) is 5.40. The second-order valence-electron chi connectivity index (χ2n) is 5.40. The van der Waals surface area contributed by atoms with Crippen molar-refractivity contribution in [1.29, 1.82) is 0 Å². The van der Waals surface area contributed by atoms with Crippen molar-refractivity contribution in [3.05, 3.63) is 59.2 Å². The van der Waals surface area contributed by atoms with Crippen LogP contribution in [0.4, 0.5) is 19.0 Å². The van der Waals surface area contributed by atoms with Crippen LogP contribution in [0.15, 0.2) is 30.6 Å². The lowest BCUT2D eigenvalue weighted by atomic mass is 10.1. The lowest BCUT2D eigenvalue weighted by Gasteiger charge is -2.10. The van der Waals surface area contributed by atoms with Crippen LogP contribution >= 0.6 is 0 Å². The van der Waals surface area contributed by atoms with E-state index in [1.165, 1.54) is 0 Å². The Balaban J connectivity index is 1.84. The molecule has 0 unspecified atom stereocenters. The molecule has 124 valence electrons. The Morgan fingerprint density at radius 2 is 1.88 bits per heavy atom. The lowest BCUT2D eigenvalue weighted by molar-refractivity contribution is 0.471. The topological polar surface area (TPSA) is 58.0 Å². The molecule has 3 rings (SSSR count). The van der Waals surface area contributed by atoms with Gasteiger partial charge in [0.05, 0.1) is 5.39 Å². The number of anilines is 1. The minimum atomic E-state index is -1.29. The van der Waals surface area contributed by atoms with Crippen LogP contribution in [0, 0.1) is 24.4 Å². The fourth-order valence-corrected chi connectivity index (χ4v) is 2.47. The van der Waals surface area contributed by atoms with Gasteiger partial charge in [-0.15, -0.1) is 0 Å². The highest BCUT2D eigenvalue weighted by atomic mass is 19.2. The first-order valence-corrected chi connectivity index (χ1v) is 7.28. The zero-order chi connectivity index (χ0) is 17.3. The summed E-state index contributed by atoms with van der Waals surface area (Å²) in [5.41, 5.74) is 1.43. The van der Waals surface area contributed by atoms with E-state index in [1.54, 1.807) is 19.1 Å². The molecule has 0 aliphatic heterocycles. The summed E-state index contributed by atoms with van der Waals surface area (Å²) in [5.74, 6) is -3.17. The molecule has 2 aromatic carbocycles. The van der Waals surface area contributed by atoms with Crippen molar-refractivity contribution in [2.45, 2.75) is 13.3 Å². The normalized spacial score (nSPS) is 11.0. The van der Waals surface area contributed by atoms with Crippen molar-refractivity contribution in [3.8, 4) is 5.75 Å². The van der Waals surface area contributed by atoms with E-state index in [1.807, 2.05) is 6.07 Å². The maximum Gasteiger partial charge on any atom is 0.172 e.